The first-order valence-electron chi connectivity index (χ1n) is 11.3. The Kier molecular flexibility index (Phi) is 8.86. The van der Waals surface area contributed by atoms with Crippen molar-refractivity contribution in [3.05, 3.63) is 58.7 Å². The number of pyridine rings is 1. The van der Waals surface area contributed by atoms with Crippen molar-refractivity contribution in [2.24, 2.45) is 0 Å². The predicted molar refractivity (Wildman–Crippen MR) is 130 cm³/mol. The summed E-state index contributed by atoms with van der Waals surface area (Å²) in [6, 6.07) is 8.19. The van der Waals surface area contributed by atoms with Gasteiger partial charge in [-0.25, -0.2) is 4.98 Å². The molecule has 2 aromatic heterocycles. The molecule has 0 bridgehead atoms. The first kappa shape index (κ1) is 25.2. The average Bonchev–Trinajstić information content (AvgIpc) is 3.14. The Labute approximate surface area is 197 Å². The van der Waals surface area contributed by atoms with Gasteiger partial charge in [0.2, 0.25) is 0 Å². The van der Waals surface area contributed by atoms with Gasteiger partial charge in [-0.05, 0) is 56.8 Å². The highest BCUT2D eigenvalue weighted by Crippen LogP contribution is 2.36. The molecule has 0 atom stereocenters. The summed E-state index contributed by atoms with van der Waals surface area (Å²) in [6.45, 7) is 5.16. The van der Waals surface area contributed by atoms with E-state index in [0.717, 1.165) is 35.5 Å². The molecule has 1 N–H and O–H groups in total. The van der Waals surface area contributed by atoms with E-state index in [1.54, 1.807) is 24.5 Å². The minimum Gasteiger partial charge on any atom is -0.332 e. The van der Waals surface area contributed by atoms with Crippen LogP contribution in [0.1, 0.15) is 55.0 Å². The van der Waals surface area contributed by atoms with Crippen LogP contribution in [-0.2, 0) is 12.7 Å². The molecule has 2 heterocycles. The number of nitrogens with one attached hydrogen (secondary N) is 1. The number of aryl methyl sites for hydroxylation is 1. The van der Waals surface area contributed by atoms with Crippen LogP contribution in [0.2, 0.25) is 0 Å². The maximum atomic E-state index is 13.8. The van der Waals surface area contributed by atoms with E-state index in [4.69, 9.17) is 0 Å². The second-order valence-corrected chi connectivity index (χ2v) is 9.52. The highest BCUT2D eigenvalue weighted by atomic mass is 32.1. The Morgan fingerprint density at radius 3 is 2.58 bits per heavy atom. The van der Waals surface area contributed by atoms with E-state index in [0.29, 0.717) is 10.8 Å². The first-order chi connectivity index (χ1) is 15.8. The van der Waals surface area contributed by atoms with Crippen molar-refractivity contribution in [3.63, 3.8) is 0 Å². The molecule has 0 fully saturated rings. The van der Waals surface area contributed by atoms with Gasteiger partial charge in [0, 0.05) is 35.1 Å². The molecule has 0 saturated carbocycles. The molecule has 0 radical (unpaired) electrons. The van der Waals surface area contributed by atoms with Gasteiger partial charge in [-0.2, -0.15) is 13.2 Å². The van der Waals surface area contributed by atoms with Crippen molar-refractivity contribution in [1.82, 2.24) is 14.9 Å². The molecule has 0 amide bonds. The van der Waals surface area contributed by atoms with E-state index in [9.17, 15) is 13.2 Å². The topological polar surface area (TPSA) is 41.0 Å². The van der Waals surface area contributed by atoms with E-state index in [1.165, 1.54) is 36.7 Å². The highest BCUT2D eigenvalue weighted by molar-refractivity contribution is 7.16. The molecule has 178 valence electrons. The van der Waals surface area contributed by atoms with E-state index in [2.05, 4.69) is 22.2 Å². The van der Waals surface area contributed by atoms with Gasteiger partial charge in [-0.15, -0.1) is 11.3 Å². The number of alkyl halides is 3. The van der Waals surface area contributed by atoms with Crippen LogP contribution in [0.4, 0.5) is 24.0 Å². The smallest absolute Gasteiger partial charge is 0.332 e. The summed E-state index contributed by atoms with van der Waals surface area (Å²) in [5.74, 6) is 0. The van der Waals surface area contributed by atoms with Crippen LogP contribution in [0.3, 0.4) is 0 Å². The number of hydrogen-bond donors (Lipinski definition) is 1. The number of benzene rings is 1. The van der Waals surface area contributed by atoms with Crippen molar-refractivity contribution in [2.75, 3.05) is 18.9 Å². The predicted octanol–water partition coefficient (Wildman–Crippen LogP) is 7.68. The lowest BCUT2D eigenvalue weighted by molar-refractivity contribution is -0.138. The van der Waals surface area contributed by atoms with E-state index < -0.39 is 11.7 Å². The maximum Gasteiger partial charge on any atom is 0.416 e. The Balaban J connectivity index is 1.72. The van der Waals surface area contributed by atoms with Crippen molar-refractivity contribution in [2.45, 2.75) is 58.7 Å². The van der Waals surface area contributed by atoms with Gasteiger partial charge in [0.1, 0.15) is 0 Å². The van der Waals surface area contributed by atoms with Gasteiger partial charge in [0.05, 0.1) is 11.3 Å². The first-order valence-corrected chi connectivity index (χ1v) is 12.1. The highest BCUT2D eigenvalue weighted by Gasteiger charge is 2.33. The summed E-state index contributed by atoms with van der Waals surface area (Å²) in [6.07, 6.45) is 4.67. The standard InChI is InChI=1S/C25H31F3N4S/c1-4-5-6-7-8-14-32(3)17-20-11-12-21(15-22(20)25(26,27)28)30-24-31-23(18(2)33-24)19-10-9-13-29-16-19/h9-13,15-16H,4-8,14,17H2,1-3H3,(H,30,31). The van der Waals surface area contributed by atoms with Gasteiger partial charge in [-0.3, -0.25) is 4.98 Å². The fourth-order valence-electron chi connectivity index (χ4n) is 3.76. The lowest BCUT2D eigenvalue weighted by Crippen LogP contribution is -2.21. The van der Waals surface area contributed by atoms with Gasteiger partial charge >= 0.3 is 6.18 Å². The van der Waals surface area contributed by atoms with Gasteiger partial charge in [0.25, 0.3) is 0 Å². The summed E-state index contributed by atoms with van der Waals surface area (Å²) in [4.78, 5) is 11.6. The third-order valence-electron chi connectivity index (χ3n) is 5.48. The van der Waals surface area contributed by atoms with Crippen LogP contribution >= 0.6 is 11.3 Å². The SMILES string of the molecule is CCCCCCCN(C)Cc1ccc(Nc2nc(-c3cccnc3)c(C)s2)cc1C(F)(F)F. The number of anilines is 2. The van der Waals surface area contributed by atoms with Crippen LogP contribution in [-0.4, -0.2) is 28.5 Å². The summed E-state index contributed by atoms with van der Waals surface area (Å²) in [5, 5.41) is 3.61. The van der Waals surface area contributed by atoms with E-state index >= 15 is 0 Å². The Hall–Kier alpha value is -2.45. The third-order valence-corrected chi connectivity index (χ3v) is 6.37. The maximum absolute atomic E-state index is 13.8. The molecule has 0 spiro atoms. The summed E-state index contributed by atoms with van der Waals surface area (Å²) >= 11 is 1.41. The Bertz CT molecular complexity index is 1020. The molecule has 0 aliphatic rings. The minimum absolute atomic E-state index is 0.268. The molecular formula is C25H31F3N4S. The number of rotatable bonds is 11. The lowest BCUT2D eigenvalue weighted by Gasteiger charge is -2.20. The van der Waals surface area contributed by atoms with Gasteiger partial charge in [-0.1, -0.05) is 38.7 Å². The third kappa shape index (κ3) is 7.27. The molecule has 0 aliphatic carbocycles. The number of thiazole rings is 1. The number of nitrogens with zero attached hydrogens (tertiary/aromatic N) is 3. The number of unbranched alkanes of at least 4 members (excludes halogenated alkanes) is 4. The Morgan fingerprint density at radius 1 is 1.09 bits per heavy atom. The van der Waals surface area contributed by atoms with Crippen molar-refractivity contribution in [1.29, 1.82) is 0 Å². The van der Waals surface area contributed by atoms with Crippen LogP contribution < -0.4 is 5.32 Å². The van der Waals surface area contributed by atoms with Crippen LogP contribution in [0.5, 0.6) is 0 Å². The van der Waals surface area contributed by atoms with Crippen LogP contribution in [0.25, 0.3) is 11.3 Å². The molecule has 33 heavy (non-hydrogen) atoms. The average molecular weight is 477 g/mol. The van der Waals surface area contributed by atoms with Crippen molar-refractivity contribution < 1.29 is 13.2 Å². The number of halogens is 3. The van der Waals surface area contributed by atoms with E-state index in [1.807, 2.05) is 31.0 Å². The minimum atomic E-state index is -4.42. The van der Waals surface area contributed by atoms with E-state index in [-0.39, 0.29) is 12.1 Å². The second kappa shape index (κ2) is 11.6. The molecule has 0 saturated heterocycles. The quantitative estimate of drug-likeness (QED) is 0.288. The number of aromatic nitrogens is 2. The Morgan fingerprint density at radius 2 is 1.88 bits per heavy atom. The summed E-state index contributed by atoms with van der Waals surface area (Å²) in [5.41, 5.74) is 1.72. The van der Waals surface area contributed by atoms with Gasteiger partial charge in [0.15, 0.2) is 5.13 Å². The fraction of sp³-hybridized carbons (Fsp3) is 0.440. The van der Waals surface area contributed by atoms with Crippen molar-refractivity contribution in [3.8, 4) is 11.3 Å². The zero-order chi connectivity index (χ0) is 23.8. The van der Waals surface area contributed by atoms with Gasteiger partial charge < -0.3 is 10.2 Å². The van der Waals surface area contributed by atoms with Crippen molar-refractivity contribution >= 4 is 22.2 Å². The second-order valence-electron chi connectivity index (χ2n) is 8.31. The molecule has 0 unspecified atom stereocenters. The fourth-order valence-corrected chi connectivity index (χ4v) is 4.61. The molecule has 4 nitrogen and oxygen atoms in total. The molecular weight excluding hydrogens is 445 g/mol. The number of hydrogen-bond acceptors (Lipinski definition) is 5. The molecule has 3 aromatic rings. The molecule has 0 aliphatic heterocycles. The largest absolute Gasteiger partial charge is 0.416 e. The van der Waals surface area contributed by atoms with Crippen LogP contribution in [0, 0.1) is 6.92 Å². The van der Waals surface area contributed by atoms with Crippen LogP contribution in [0.15, 0.2) is 42.7 Å². The monoisotopic (exact) mass is 476 g/mol. The lowest BCUT2D eigenvalue weighted by atomic mass is 10.0. The normalized spacial score (nSPS) is 11.8. The summed E-state index contributed by atoms with van der Waals surface area (Å²) < 4.78 is 41.5. The molecule has 1 aromatic carbocycles. The zero-order valence-corrected chi connectivity index (χ0v) is 20.2. The molecule has 3 rings (SSSR count). The summed E-state index contributed by atoms with van der Waals surface area (Å²) in [7, 11) is 1.88. The molecule has 8 heteroatoms. The zero-order valence-electron chi connectivity index (χ0n) is 19.4.